The molecule has 1 aliphatic heterocycles. The molecule has 0 spiro atoms. The van der Waals surface area contributed by atoms with Crippen LogP contribution in [0.25, 0.3) is 28.3 Å². The molecule has 0 radical (unpaired) electrons. The average molecular weight is 517 g/mol. The first kappa shape index (κ1) is 23.1. The van der Waals surface area contributed by atoms with Gasteiger partial charge in [-0.3, -0.25) is 0 Å². The van der Waals surface area contributed by atoms with E-state index in [0.717, 1.165) is 11.1 Å². The molecule has 40 heavy (non-hydrogen) atoms. The number of allylic oxidation sites excluding steroid dienone is 4. The summed E-state index contributed by atoms with van der Waals surface area (Å²) in [6.45, 7) is 4.68. The summed E-state index contributed by atoms with van der Waals surface area (Å²) < 4.78 is 0. The van der Waals surface area contributed by atoms with Crippen LogP contribution in [0.15, 0.2) is 138 Å². The maximum Gasteiger partial charge on any atom is 0.231 e. The van der Waals surface area contributed by atoms with Gasteiger partial charge < -0.3 is 4.90 Å². The van der Waals surface area contributed by atoms with E-state index >= 15 is 0 Å². The first-order valence-corrected chi connectivity index (χ1v) is 13.9. The molecule has 0 bridgehead atoms. The van der Waals surface area contributed by atoms with Crippen molar-refractivity contribution in [1.29, 1.82) is 0 Å². The van der Waals surface area contributed by atoms with E-state index in [4.69, 9.17) is 15.0 Å². The third-order valence-corrected chi connectivity index (χ3v) is 8.65. The van der Waals surface area contributed by atoms with Gasteiger partial charge >= 0.3 is 0 Å². The zero-order valence-electron chi connectivity index (χ0n) is 22.5. The monoisotopic (exact) mass is 516 g/mol. The highest BCUT2D eigenvalue weighted by molar-refractivity contribution is 5.94. The van der Waals surface area contributed by atoms with Crippen LogP contribution in [0.1, 0.15) is 25.0 Å². The topological polar surface area (TPSA) is 41.9 Å². The van der Waals surface area contributed by atoms with Gasteiger partial charge in [0.15, 0.2) is 11.6 Å². The minimum Gasteiger partial charge on any atom is -0.320 e. The molecule has 4 aliphatic rings. The second-order valence-corrected chi connectivity index (χ2v) is 11.3. The molecule has 4 nitrogen and oxygen atoms in total. The van der Waals surface area contributed by atoms with Gasteiger partial charge in [0, 0.05) is 16.5 Å². The fraction of sp³-hybridized carbons (Fsp3) is 0.139. The summed E-state index contributed by atoms with van der Waals surface area (Å²) in [5.74, 6) is 2.06. The standard InChI is InChI=1S/C36H28N4/c1-36(2)29-19-11-9-17-25(29)27-21-28-26-18-10-12-20-31(26)40(32(28)22-30(27)36)35-38-33(23-13-5-3-6-14-23)37-34(39-35)24-15-7-4-8-16-24/h3-22,31-32H,1-2H3. The largest absolute Gasteiger partial charge is 0.320 e. The number of benzene rings is 3. The quantitative estimate of drug-likeness (QED) is 0.283. The SMILES string of the molecule is CC1(C)C2=CC3C(=C4C=CC=CC4N3c3nc(-c4ccccc4)nc(-c4ccccc4)n3)C=C2c2ccccc21. The van der Waals surface area contributed by atoms with Crippen LogP contribution in [-0.2, 0) is 5.41 Å². The maximum atomic E-state index is 5.12. The van der Waals surface area contributed by atoms with E-state index in [1.807, 2.05) is 36.4 Å². The summed E-state index contributed by atoms with van der Waals surface area (Å²) >= 11 is 0. The molecule has 192 valence electrons. The molecule has 2 atom stereocenters. The Kier molecular flexibility index (Phi) is 4.96. The summed E-state index contributed by atoms with van der Waals surface area (Å²) in [6.07, 6.45) is 13.7. The zero-order chi connectivity index (χ0) is 26.8. The predicted octanol–water partition coefficient (Wildman–Crippen LogP) is 7.50. The van der Waals surface area contributed by atoms with Crippen molar-refractivity contribution in [3.8, 4) is 22.8 Å². The van der Waals surface area contributed by atoms with Gasteiger partial charge in [-0.05, 0) is 39.5 Å². The van der Waals surface area contributed by atoms with Gasteiger partial charge in [-0.15, -0.1) is 0 Å². The molecule has 4 aromatic rings. The highest BCUT2D eigenvalue weighted by atomic mass is 15.3. The molecule has 1 aromatic heterocycles. The van der Waals surface area contributed by atoms with Gasteiger partial charge in [0.05, 0.1) is 12.1 Å². The van der Waals surface area contributed by atoms with Crippen molar-refractivity contribution in [2.45, 2.75) is 31.3 Å². The van der Waals surface area contributed by atoms with Crippen molar-refractivity contribution < 1.29 is 0 Å². The van der Waals surface area contributed by atoms with Crippen LogP contribution in [0, 0.1) is 0 Å². The maximum absolute atomic E-state index is 5.12. The van der Waals surface area contributed by atoms with Crippen LogP contribution in [0.3, 0.4) is 0 Å². The van der Waals surface area contributed by atoms with Gasteiger partial charge in [-0.1, -0.05) is 129 Å². The van der Waals surface area contributed by atoms with Crippen LogP contribution in [0.2, 0.25) is 0 Å². The lowest BCUT2D eigenvalue weighted by molar-refractivity contribution is 0.648. The molecular weight excluding hydrogens is 488 g/mol. The van der Waals surface area contributed by atoms with Crippen LogP contribution in [-0.4, -0.2) is 27.0 Å². The Bertz CT molecular complexity index is 1770. The Balaban J connectivity index is 1.33. The molecule has 0 N–H and O–H groups in total. The van der Waals surface area contributed by atoms with Crippen LogP contribution >= 0.6 is 0 Å². The third kappa shape index (κ3) is 3.35. The van der Waals surface area contributed by atoms with Crippen molar-refractivity contribution in [2.75, 3.05) is 4.90 Å². The Morgan fingerprint density at radius 2 is 1.32 bits per heavy atom. The molecule has 0 saturated heterocycles. The summed E-state index contributed by atoms with van der Waals surface area (Å²) in [4.78, 5) is 17.6. The lowest BCUT2D eigenvalue weighted by atomic mass is 9.78. The number of rotatable bonds is 3. The van der Waals surface area contributed by atoms with E-state index in [1.165, 1.54) is 33.4 Å². The summed E-state index contributed by atoms with van der Waals surface area (Å²) in [5, 5.41) is 0. The molecule has 3 aromatic carbocycles. The number of hydrogen-bond donors (Lipinski definition) is 0. The summed E-state index contributed by atoms with van der Waals surface area (Å²) in [7, 11) is 0. The predicted molar refractivity (Wildman–Crippen MR) is 162 cm³/mol. The summed E-state index contributed by atoms with van der Waals surface area (Å²) in [6, 6.07) is 29.3. The normalized spacial score (nSPS) is 21.4. The Labute approximate surface area is 234 Å². The molecule has 4 heteroatoms. The summed E-state index contributed by atoms with van der Waals surface area (Å²) in [5.41, 5.74) is 9.95. The minimum atomic E-state index is -0.0762. The molecule has 8 rings (SSSR count). The van der Waals surface area contributed by atoms with Gasteiger partial charge in [-0.25, -0.2) is 4.98 Å². The first-order chi connectivity index (χ1) is 19.6. The number of hydrogen-bond acceptors (Lipinski definition) is 4. The lowest BCUT2D eigenvalue weighted by Gasteiger charge is -2.33. The van der Waals surface area contributed by atoms with E-state index in [0.29, 0.717) is 17.6 Å². The minimum absolute atomic E-state index is 0.0226. The molecule has 2 unspecified atom stereocenters. The molecular formula is C36H28N4. The van der Waals surface area contributed by atoms with Crippen molar-refractivity contribution in [1.82, 2.24) is 15.0 Å². The average Bonchev–Trinajstić information content (AvgIpc) is 3.45. The third-order valence-electron chi connectivity index (χ3n) is 8.65. The highest BCUT2D eigenvalue weighted by Gasteiger charge is 2.46. The second-order valence-electron chi connectivity index (χ2n) is 11.3. The van der Waals surface area contributed by atoms with Crippen molar-refractivity contribution in [2.24, 2.45) is 0 Å². The number of fused-ring (bicyclic) bond motifs is 5. The number of aromatic nitrogens is 3. The fourth-order valence-electron chi connectivity index (χ4n) is 6.69. The lowest BCUT2D eigenvalue weighted by Crippen LogP contribution is -2.40. The van der Waals surface area contributed by atoms with Crippen LogP contribution in [0.5, 0.6) is 0 Å². The Hall–Kier alpha value is -4.83. The molecule has 0 saturated carbocycles. The molecule has 0 fully saturated rings. The second kappa shape index (κ2) is 8.59. The van der Waals surface area contributed by atoms with Crippen LogP contribution < -0.4 is 4.90 Å². The van der Waals surface area contributed by atoms with Gasteiger partial charge in [-0.2, -0.15) is 9.97 Å². The van der Waals surface area contributed by atoms with Crippen molar-refractivity contribution in [3.05, 3.63) is 149 Å². The van der Waals surface area contributed by atoms with E-state index in [1.54, 1.807) is 0 Å². The Morgan fingerprint density at radius 3 is 2.02 bits per heavy atom. The van der Waals surface area contributed by atoms with E-state index in [2.05, 4.69) is 104 Å². The molecule has 0 amide bonds. The first-order valence-electron chi connectivity index (χ1n) is 13.9. The fourth-order valence-corrected chi connectivity index (χ4v) is 6.69. The Morgan fingerprint density at radius 1 is 0.675 bits per heavy atom. The van der Waals surface area contributed by atoms with E-state index in [9.17, 15) is 0 Å². The number of anilines is 1. The van der Waals surface area contributed by atoms with Gasteiger partial charge in [0.25, 0.3) is 0 Å². The van der Waals surface area contributed by atoms with Crippen molar-refractivity contribution >= 4 is 11.5 Å². The number of nitrogens with zero attached hydrogens (tertiary/aromatic N) is 4. The zero-order valence-corrected chi connectivity index (χ0v) is 22.5. The highest BCUT2D eigenvalue weighted by Crippen LogP contribution is 2.54. The van der Waals surface area contributed by atoms with E-state index < -0.39 is 0 Å². The van der Waals surface area contributed by atoms with Crippen LogP contribution in [0.4, 0.5) is 5.95 Å². The molecule has 3 aliphatic carbocycles. The van der Waals surface area contributed by atoms with Gasteiger partial charge in [0.2, 0.25) is 5.95 Å². The molecule has 2 heterocycles. The van der Waals surface area contributed by atoms with Gasteiger partial charge in [0.1, 0.15) is 0 Å². The smallest absolute Gasteiger partial charge is 0.231 e. The van der Waals surface area contributed by atoms with E-state index in [-0.39, 0.29) is 17.5 Å². The van der Waals surface area contributed by atoms with Crippen molar-refractivity contribution in [3.63, 3.8) is 0 Å².